The molecule has 4 unspecified atom stereocenters. The predicted octanol–water partition coefficient (Wildman–Crippen LogP) is 8.17. The van der Waals surface area contributed by atoms with Crippen LogP contribution >= 0.6 is 0 Å². The van der Waals surface area contributed by atoms with Crippen LogP contribution in [0.4, 0.5) is 8.78 Å². The molecule has 0 heterocycles. The maximum absolute atomic E-state index is 15.0. The first-order valence-corrected chi connectivity index (χ1v) is 11.8. The topological polar surface area (TPSA) is 9.23 Å². The van der Waals surface area contributed by atoms with Crippen molar-refractivity contribution < 1.29 is 13.5 Å². The average molecular weight is 413 g/mol. The number of hydrogen-bond acceptors (Lipinski definition) is 1. The normalized spacial score (nSPS) is 26.8. The van der Waals surface area contributed by atoms with Crippen molar-refractivity contribution in [1.29, 1.82) is 0 Å². The van der Waals surface area contributed by atoms with Crippen LogP contribution in [0.3, 0.4) is 0 Å². The van der Waals surface area contributed by atoms with Gasteiger partial charge in [-0.3, -0.25) is 0 Å². The molecule has 3 heteroatoms. The molecule has 0 aliphatic heterocycles. The van der Waals surface area contributed by atoms with E-state index in [9.17, 15) is 8.78 Å². The van der Waals surface area contributed by atoms with Crippen molar-refractivity contribution in [2.24, 2.45) is 17.8 Å². The summed E-state index contributed by atoms with van der Waals surface area (Å²) in [6, 6.07) is 6.99. The maximum Gasteiger partial charge on any atom is 0.175 e. The van der Waals surface area contributed by atoms with E-state index in [2.05, 4.69) is 6.92 Å². The third kappa shape index (κ3) is 4.40. The Morgan fingerprint density at radius 1 is 1.03 bits per heavy atom. The molecule has 0 spiro atoms. The lowest BCUT2D eigenvalue weighted by Crippen LogP contribution is -2.30. The number of allylic oxidation sites excluding steroid dienone is 1. The van der Waals surface area contributed by atoms with E-state index in [1.54, 1.807) is 24.3 Å². The van der Waals surface area contributed by atoms with Crippen LogP contribution < -0.4 is 4.74 Å². The quantitative estimate of drug-likeness (QED) is 0.435. The van der Waals surface area contributed by atoms with Crippen LogP contribution in [0.1, 0.15) is 76.7 Å². The monoisotopic (exact) mass is 412 g/mol. The molecule has 2 aromatic carbocycles. The first-order valence-electron chi connectivity index (χ1n) is 11.8. The van der Waals surface area contributed by atoms with Gasteiger partial charge >= 0.3 is 0 Å². The van der Waals surface area contributed by atoms with Crippen molar-refractivity contribution in [1.82, 2.24) is 0 Å². The fourth-order valence-electron chi connectivity index (χ4n) is 5.92. The second kappa shape index (κ2) is 9.49. The van der Waals surface area contributed by atoms with Gasteiger partial charge in [-0.2, -0.15) is 0 Å². The van der Waals surface area contributed by atoms with Gasteiger partial charge in [0.25, 0.3) is 0 Å². The Bertz CT molecular complexity index is 903. The predicted molar refractivity (Wildman–Crippen MR) is 120 cm³/mol. The second-order valence-corrected chi connectivity index (χ2v) is 9.36. The van der Waals surface area contributed by atoms with Crippen LogP contribution in [0.25, 0.3) is 10.8 Å². The molecule has 4 atom stereocenters. The Labute approximate surface area is 179 Å². The fourth-order valence-corrected chi connectivity index (χ4v) is 5.92. The Morgan fingerprint density at radius 2 is 1.83 bits per heavy atom. The van der Waals surface area contributed by atoms with Gasteiger partial charge in [-0.15, -0.1) is 0 Å². The third-order valence-electron chi connectivity index (χ3n) is 7.45. The lowest BCUT2D eigenvalue weighted by atomic mass is 9.63. The van der Waals surface area contributed by atoms with Gasteiger partial charge < -0.3 is 4.74 Å². The number of fused-ring (bicyclic) bond motifs is 2. The molecule has 0 saturated heterocycles. The Kier molecular flexibility index (Phi) is 6.75. The summed E-state index contributed by atoms with van der Waals surface area (Å²) in [6.45, 7) is 4.45. The van der Waals surface area contributed by atoms with Crippen LogP contribution in [0.15, 0.2) is 36.4 Å². The minimum absolute atomic E-state index is 0.0467. The van der Waals surface area contributed by atoms with Crippen molar-refractivity contribution in [3.63, 3.8) is 0 Å². The molecule has 2 fully saturated rings. The van der Waals surface area contributed by atoms with Crippen molar-refractivity contribution in [3.05, 3.63) is 53.6 Å². The molecule has 0 radical (unpaired) electrons. The summed E-state index contributed by atoms with van der Waals surface area (Å²) < 4.78 is 35.3. The third-order valence-corrected chi connectivity index (χ3v) is 7.45. The summed E-state index contributed by atoms with van der Waals surface area (Å²) in [5.74, 6) is 1.97. The Balaban J connectivity index is 1.52. The molecule has 0 aromatic heterocycles. The lowest BCUT2D eigenvalue weighted by Gasteiger charge is -2.42. The molecule has 1 nitrogen and oxygen atoms in total. The van der Waals surface area contributed by atoms with E-state index in [1.165, 1.54) is 38.5 Å². The largest absolute Gasteiger partial charge is 0.486 e. The van der Waals surface area contributed by atoms with Gasteiger partial charge in [-0.25, -0.2) is 8.78 Å². The smallest absolute Gasteiger partial charge is 0.175 e. The fraction of sp³-hybridized carbons (Fsp3) is 0.556. The highest BCUT2D eigenvalue weighted by Gasteiger charge is 2.36. The molecule has 2 aliphatic rings. The molecule has 30 heavy (non-hydrogen) atoms. The number of rotatable bonds is 6. The van der Waals surface area contributed by atoms with Crippen LogP contribution in [0, 0.1) is 29.4 Å². The van der Waals surface area contributed by atoms with E-state index in [1.807, 2.05) is 19.1 Å². The molecule has 2 aliphatic carbocycles. The number of benzene rings is 2. The first-order chi connectivity index (χ1) is 14.6. The summed E-state index contributed by atoms with van der Waals surface area (Å²) in [6.07, 6.45) is 13.9. The van der Waals surface area contributed by atoms with Gasteiger partial charge in [0.1, 0.15) is 12.4 Å². The average Bonchev–Trinajstić information content (AvgIpc) is 2.75. The van der Waals surface area contributed by atoms with E-state index in [0.717, 1.165) is 36.2 Å². The molecular weight excluding hydrogens is 378 g/mol. The standard InChI is InChI=1S/C27H34F2O/c1-3-5-13-30-25-12-11-22-16-23(17-24(28)26(22)27(25)29)21-10-9-19-14-18(6-4-2)7-8-20(19)15-21/h3,5,11-12,16-21H,4,6-10,13-15H2,1-2H3. The summed E-state index contributed by atoms with van der Waals surface area (Å²) in [7, 11) is 0. The zero-order valence-corrected chi connectivity index (χ0v) is 18.3. The van der Waals surface area contributed by atoms with Gasteiger partial charge in [0.2, 0.25) is 0 Å². The number of halogens is 2. The van der Waals surface area contributed by atoms with Gasteiger partial charge in [0, 0.05) is 0 Å². The highest BCUT2D eigenvalue weighted by Crippen LogP contribution is 2.48. The van der Waals surface area contributed by atoms with E-state index >= 15 is 0 Å². The van der Waals surface area contributed by atoms with E-state index in [4.69, 9.17) is 4.74 Å². The lowest BCUT2D eigenvalue weighted by molar-refractivity contribution is 0.114. The molecule has 2 saturated carbocycles. The Hall–Kier alpha value is -1.90. The van der Waals surface area contributed by atoms with Gasteiger partial charge in [-0.05, 0) is 85.8 Å². The van der Waals surface area contributed by atoms with Crippen LogP contribution in [-0.2, 0) is 0 Å². The van der Waals surface area contributed by atoms with Crippen LogP contribution in [-0.4, -0.2) is 6.61 Å². The molecule has 0 bridgehead atoms. The molecule has 2 aromatic rings. The molecule has 4 rings (SSSR count). The maximum atomic E-state index is 15.0. The number of ether oxygens (including phenoxy) is 1. The summed E-state index contributed by atoms with van der Waals surface area (Å²) in [5, 5.41) is 0.681. The van der Waals surface area contributed by atoms with Crippen molar-refractivity contribution in [2.75, 3.05) is 6.61 Å². The molecule has 0 amide bonds. The van der Waals surface area contributed by atoms with E-state index < -0.39 is 11.6 Å². The number of hydrogen-bond donors (Lipinski definition) is 0. The van der Waals surface area contributed by atoms with E-state index in [-0.39, 0.29) is 17.7 Å². The SMILES string of the molecule is CC=CCOc1ccc2cc(C3CCC4CC(CCC)CCC4C3)cc(F)c2c1F. The second-order valence-electron chi connectivity index (χ2n) is 9.36. The van der Waals surface area contributed by atoms with Gasteiger partial charge in [-0.1, -0.05) is 50.5 Å². The summed E-state index contributed by atoms with van der Waals surface area (Å²) >= 11 is 0. The molecule has 0 N–H and O–H groups in total. The van der Waals surface area contributed by atoms with Crippen molar-refractivity contribution in [2.45, 2.75) is 71.1 Å². The highest BCUT2D eigenvalue weighted by atomic mass is 19.1. The minimum Gasteiger partial charge on any atom is -0.486 e. The first kappa shape index (κ1) is 21.3. The molecular formula is C27H34F2O. The summed E-state index contributed by atoms with van der Waals surface area (Å²) in [5.41, 5.74) is 1.04. The molecule has 162 valence electrons. The minimum atomic E-state index is -0.598. The van der Waals surface area contributed by atoms with Gasteiger partial charge in [0.15, 0.2) is 11.6 Å². The van der Waals surface area contributed by atoms with Crippen LogP contribution in [0.2, 0.25) is 0 Å². The van der Waals surface area contributed by atoms with Crippen molar-refractivity contribution >= 4 is 10.8 Å². The van der Waals surface area contributed by atoms with Gasteiger partial charge in [0.05, 0.1) is 5.39 Å². The highest BCUT2D eigenvalue weighted by molar-refractivity contribution is 5.86. The zero-order valence-electron chi connectivity index (χ0n) is 18.3. The van der Waals surface area contributed by atoms with Crippen molar-refractivity contribution in [3.8, 4) is 5.75 Å². The summed E-state index contributed by atoms with van der Waals surface area (Å²) in [4.78, 5) is 0. The van der Waals surface area contributed by atoms with E-state index in [0.29, 0.717) is 11.3 Å². The zero-order chi connectivity index (χ0) is 21.1. The van der Waals surface area contributed by atoms with Crippen LogP contribution in [0.5, 0.6) is 5.75 Å². The Morgan fingerprint density at radius 3 is 2.63 bits per heavy atom.